The van der Waals surface area contributed by atoms with Gasteiger partial charge >= 0.3 is 0 Å². The summed E-state index contributed by atoms with van der Waals surface area (Å²) in [6.07, 6.45) is 7.30. The van der Waals surface area contributed by atoms with E-state index in [9.17, 15) is 14.0 Å². The average Bonchev–Trinajstić information content (AvgIpc) is 3.31. The van der Waals surface area contributed by atoms with Crippen LogP contribution in [0, 0.1) is 5.92 Å². The van der Waals surface area contributed by atoms with Crippen molar-refractivity contribution in [2.75, 3.05) is 31.1 Å². The lowest BCUT2D eigenvalue weighted by Crippen LogP contribution is -2.50. The van der Waals surface area contributed by atoms with Gasteiger partial charge in [0.05, 0.1) is 11.9 Å². The molecule has 148 valence electrons. The van der Waals surface area contributed by atoms with Crippen LogP contribution in [0.4, 0.5) is 10.1 Å². The van der Waals surface area contributed by atoms with Crippen LogP contribution in [0.5, 0.6) is 0 Å². The molecule has 0 radical (unpaired) electrons. The predicted molar refractivity (Wildman–Crippen MR) is 105 cm³/mol. The summed E-state index contributed by atoms with van der Waals surface area (Å²) in [7, 11) is 0. The van der Waals surface area contributed by atoms with Gasteiger partial charge in [-0.1, -0.05) is 0 Å². The Morgan fingerprint density at radius 3 is 2.71 bits per heavy atom. The van der Waals surface area contributed by atoms with Gasteiger partial charge in [0, 0.05) is 55.3 Å². The number of hydrogen-bond donors (Lipinski definition) is 2. The minimum Gasteiger partial charge on any atom is -0.367 e. The Morgan fingerprint density at radius 1 is 1.25 bits per heavy atom. The van der Waals surface area contributed by atoms with Crippen LogP contribution in [0.1, 0.15) is 24.8 Å². The molecule has 0 bridgehead atoms. The molecule has 0 unspecified atom stereocenters. The number of nitrogens with zero attached hydrogens (tertiary/aromatic N) is 3. The van der Waals surface area contributed by atoms with E-state index in [0.29, 0.717) is 45.4 Å². The Balaban J connectivity index is 1.44. The first kappa shape index (κ1) is 18.5. The van der Waals surface area contributed by atoms with Crippen LogP contribution in [0.15, 0.2) is 24.5 Å². The van der Waals surface area contributed by atoms with Crippen LogP contribution in [-0.2, 0) is 9.59 Å². The van der Waals surface area contributed by atoms with Gasteiger partial charge in [-0.3, -0.25) is 9.59 Å². The number of aromatic amines is 1. The second kappa shape index (κ2) is 7.61. The Kier molecular flexibility index (Phi) is 5.02. The molecule has 2 amide bonds. The van der Waals surface area contributed by atoms with Gasteiger partial charge in [-0.25, -0.2) is 9.37 Å². The summed E-state index contributed by atoms with van der Waals surface area (Å²) in [5, 5.41) is 0.911. The third-order valence-corrected chi connectivity index (χ3v) is 5.65. The summed E-state index contributed by atoms with van der Waals surface area (Å²) in [6.45, 7) is 2.68. The summed E-state index contributed by atoms with van der Waals surface area (Å²) in [5.74, 6) is -0.558. The van der Waals surface area contributed by atoms with Crippen LogP contribution in [0.3, 0.4) is 0 Å². The van der Waals surface area contributed by atoms with Crippen molar-refractivity contribution in [2.45, 2.75) is 25.4 Å². The molecule has 28 heavy (non-hydrogen) atoms. The third-order valence-electron chi connectivity index (χ3n) is 5.65. The highest BCUT2D eigenvalue weighted by molar-refractivity contribution is 5.95. The number of nitrogens with one attached hydrogen (secondary N) is 1. The summed E-state index contributed by atoms with van der Waals surface area (Å²) in [4.78, 5) is 35.2. The molecule has 1 aliphatic heterocycles. The second-order valence-electron chi connectivity index (χ2n) is 7.49. The number of carbonyl (C=O) groups is 2. The summed E-state index contributed by atoms with van der Waals surface area (Å²) in [6, 6.07) is 2.03. The standard InChI is InChI=1S/C20H24FN5O2/c21-15-3-1-13(9-15)20(28)26-7-5-25(6-8-26)16-10-17-14(2-4-18(22)27)11-23-19(17)24-12-16/h2,4,10-13,15H,1,3,5-9H2,(H2,22,27)(H,23,24)/t13-,15+/m1/s1. The first-order valence-electron chi connectivity index (χ1n) is 9.63. The molecule has 3 N–H and O–H groups in total. The fourth-order valence-electron chi connectivity index (χ4n) is 4.09. The number of anilines is 1. The van der Waals surface area contributed by atoms with Gasteiger partial charge in [0.2, 0.25) is 11.8 Å². The normalized spacial score (nSPS) is 23.0. The highest BCUT2D eigenvalue weighted by Gasteiger charge is 2.33. The van der Waals surface area contributed by atoms with E-state index in [1.165, 1.54) is 6.08 Å². The minimum absolute atomic E-state index is 0.0953. The number of primary amides is 1. The lowest BCUT2D eigenvalue weighted by Gasteiger charge is -2.37. The topological polar surface area (TPSA) is 95.3 Å². The lowest BCUT2D eigenvalue weighted by molar-refractivity contribution is -0.135. The number of rotatable bonds is 4. The lowest BCUT2D eigenvalue weighted by atomic mass is 10.1. The maximum Gasteiger partial charge on any atom is 0.241 e. The van der Waals surface area contributed by atoms with E-state index in [0.717, 1.165) is 22.3 Å². The number of H-pyrrole nitrogens is 1. The van der Waals surface area contributed by atoms with E-state index in [4.69, 9.17) is 5.73 Å². The smallest absolute Gasteiger partial charge is 0.241 e. The zero-order valence-electron chi connectivity index (χ0n) is 15.6. The van der Waals surface area contributed by atoms with Crippen LogP contribution < -0.4 is 10.6 Å². The highest BCUT2D eigenvalue weighted by atomic mass is 19.1. The van der Waals surface area contributed by atoms with Crippen LogP contribution in [-0.4, -0.2) is 59.0 Å². The van der Waals surface area contributed by atoms with E-state index >= 15 is 0 Å². The average molecular weight is 385 g/mol. The van der Waals surface area contributed by atoms with Gasteiger partial charge < -0.3 is 20.5 Å². The van der Waals surface area contributed by atoms with Gasteiger partial charge in [0.15, 0.2) is 0 Å². The monoisotopic (exact) mass is 385 g/mol. The van der Waals surface area contributed by atoms with Crippen LogP contribution in [0.25, 0.3) is 17.1 Å². The van der Waals surface area contributed by atoms with Crippen molar-refractivity contribution < 1.29 is 14.0 Å². The number of hydrogen-bond acceptors (Lipinski definition) is 4. The number of halogens is 1. The number of pyridine rings is 1. The number of piperazine rings is 1. The molecule has 2 aliphatic rings. The number of fused-ring (bicyclic) bond motifs is 1. The Bertz CT molecular complexity index is 916. The first-order valence-corrected chi connectivity index (χ1v) is 9.63. The van der Waals surface area contributed by atoms with E-state index < -0.39 is 12.1 Å². The van der Waals surface area contributed by atoms with Gasteiger partial charge in [0.1, 0.15) is 11.8 Å². The van der Waals surface area contributed by atoms with Crippen molar-refractivity contribution in [3.05, 3.63) is 30.1 Å². The maximum atomic E-state index is 13.4. The van der Waals surface area contributed by atoms with E-state index in [-0.39, 0.29) is 11.8 Å². The van der Waals surface area contributed by atoms with Crippen LogP contribution >= 0.6 is 0 Å². The SMILES string of the molecule is NC(=O)C=Cc1c[nH]c2ncc(N3CCN(C(=O)[C@@H]4CC[C@H](F)C4)CC3)cc12. The molecule has 7 nitrogen and oxygen atoms in total. The zero-order valence-corrected chi connectivity index (χ0v) is 15.6. The van der Waals surface area contributed by atoms with Crippen molar-refractivity contribution in [1.29, 1.82) is 0 Å². The van der Waals surface area contributed by atoms with E-state index in [1.54, 1.807) is 12.3 Å². The molecular weight excluding hydrogens is 361 g/mol. The molecule has 0 spiro atoms. The van der Waals surface area contributed by atoms with E-state index in [2.05, 4.69) is 14.9 Å². The molecule has 2 fully saturated rings. The number of alkyl halides is 1. The summed E-state index contributed by atoms with van der Waals surface area (Å²) >= 11 is 0. The van der Waals surface area contributed by atoms with E-state index in [1.807, 2.05) is 17.2 Å². The summed E-state index contributed by atoms with van der Waals surface area (Å²) in [5.41, 5.74) is 7.73. The molecule has 3 heterocycles. The summed E-state index contributed by atoms with van der Waals surface area (Å²) < 4.78 is 13.4. The molecule has 2 atom stereocenters. The molecule has 4 rings (SSSR count). The minimum atomic E-state index is -0.827. The largest absolute Gasteiger partial charge is 0.367 e. The van der Waals surface area contributed by atoms with Crippen molar-refractivity contribution in [3.63, 3.8) is 0 Å². The molecule has 8 heteroatoms. The van der Waals surface area contributed by atoms with Gasteiger partial charge in [-0.2, -0.15) is 0 Å². The second-order valence-corrected chi connectivity index (χ2v) is 7.49. The molecule has 1 saturated carbocycles. The van der Waals surface area contributed by atoms with Crippen molar-refractivity contribution in [2.24, 2.45) is 11.7 Å². The number of nitrogens with two attached hydrogens (primary N) is 1. The van der Waals surface area contributed by atoms with Gasteiger partial charge in [-0.15, -0.1) is 0 Å². The fraction of sp³-hybridized carbons (Fsp3) is 0.450. The fourth-order valence-corrected chi connectivity index (χ4v) is 4.09. The highest BCUT2D eigenvalue weighted by Crippen LogP contribution is 2.30. The van der Waals surface area contributed by atoms with Crippen LogP contribution in [0.2, 0.25) is 0 Å². The Hall–Kier alpha value is -2.90. The Morgan fingerprint density at radius 2 is 2.04 bits per heavy atom. The quantitative estimate of drug-likeness (QED) is 0.785. The zero-order chi connectivity index (χ0) is 19.7. The van der Waals surface area contributed by atoms with Crippen molar-refractivity contribution in [1.82, 2.24) is 14.9 Å². The molecular formula is C20H24FN5O2. The number of amides is 2. The molecule has 0 aromatic carbocycles. The predicted octanol–water partition coefficient (Wildman–Crippen LogP) is 1.85. The third kappa shape index (κ3) is 3.72. The number of aromatic nitrogens is 2. The maximum absolute atomic E-state index is 13.4. The van der Waals surface area contributed by atoms with Gasteiger partial charge in [0.25, 0.3) is 0 Å². The molecule has 1 aliphatic carbocycles. The van der Waals surface area contributed by atoms with Gasteiger partial charge in [-0.05, 0) is 31.4 Å². The first-order chi connectivity index (χ1) is 13.5. The number of carbonyl (C=O) groups excluding carboxylic acids is 2. The Labute approximate surface area is 162 Å². The molecule has 2 aromatic rings. The van der Waals surface area contributed by atoms with Crippen molar-refractivity contribution >= 4 is 34.6 Å². The molecule has 2 aromatic heterocycles. The van der Waals surface area contributed by atoms with Crippen molar-refractivity contribution in [3.8, 4) is 0 Å². The molecule has 1 saturated heterocycles.